The largest absolute Gasteiger partial charge is 0.468 e. The minimum Gasteiger partial charge on any atom is -0.468 e. The third kappa shape index (κ3) is 25.7. The quantitative estimate of drug-likeness (QED) is 0.0784. The van der Waals surface area contributed by atoms with Crippen LogP contribution in [0.2, 0.25) is 0 Å². The summed E-state index contributed by atoms with van der Waals surface area (Å²) in [4.78, 5) is 24.4. The number of alkyl halides is 12. The van der Waals surface area contributed by atoms with Gasteiger partial charge in [0.25, 0.3) is 5.69 Å². The summed E-state index contributed by atoms with van der Waals surface area (Å²) < 4.78 is 176. The number of nitrogens with zero attached hydrogens (tertiary/aromatic N) is 8. The average Bonchev–Trinajstić information content (AvgIpc) is 4.04. The molecule has 0 unspecified atom stereocenters. The zero-order valence-corrected chi connectivity index (χ0v) is 44.6. The van der Waals surface area contributed by atoms with E-state index in [1.807, 2.05) is 81.5 Å². The fourth-order valence-electron chi connectivity index (χ4n) is 5.33. The second-order valence-corrected chi connectivity index (χ2v) is 19.2. The molecule has 0 aliphatic heterocycles. The molecular weight excluding hydrogens is 1070 g/mol. The van der Waals surface area contributed by atoms with Gasteiger partial charge in [-0.3, -0.25) is 19.8 Å². The molecule has 0 radical (unpaired) electrons. The average molecular weight is 1130 g/mol. The highest BCUT2D eigenvalue weighted by molar-refractivity contribution is 7.11. The SMILES string of the molecule is CC(C)c1cc([N+](=O)[O-])cc(C(F)(F)F)c1.CC(C)c1ccc(F)cc1F.CC(C)c1ccc(OCC(F)(F)F)nc1.CC(C)c1cnc(C(F)(F)F)cn1.CC(C)c1cnc(C(F)(F)F)s1.CC(C)n1ccc(C#N)n1. The van der Waals surface area contributed by atoms with E-state index in [0.29, 0.717) is 56.8 Å². The van der Waals surface area contributed by atoms with E-state index in [1.165, 1.54) is 36.7 Å². The smallest absolute Gasteiger partial charge is 0.443 e. The first kappa shape index (κ1) is 68.2. The maximum absolute atomic E-state index is 12.9. The van der Waals surface area contributed by atoms with E-state index in [-0.39, 0.29) is 29.6 Å². The molecule has 0 saturated heterocycles. The van der Waals surface area contributed by atoms with Gasteiger partial charge in [-0.05, 0) is 78.3 Å². The molecule has 0 atom stereocenters. The Bertz CT molecular complexity index is 2740. The lowest BCUT2D eigenvalue weighted by molar-refractivity contribution is -0.385. The zero-order chi connectivity index (χ0) is 59.4. The second-order valence-electron chi connectivity index (χ2n) is 18.1. The highest BCUT2D eigenvalue weighted by atomic mass is 32.1. The van der Waals surface area contributed by atoms with Crippen molar-refractivity contribution in [2.75, 3.05) is 6.61 Å². The van der Waals surface area contributed by atoms with E-state index in [1.54, 1.807) is 30.7 Å². The molecule has 424 valence electrons. The Balaban J connectivity index is 0.000000465. The molecule has 0 N–H and O–H groups in total. The number of nitriles is 1. The summed E-state index contributed by atoms with van der Waals surface area (Å²) >= 11 is 0.712. The molecule has 4 aromatic heterocycles. The van der Waals surface area contributed by atoms with Crippen LogP contribution in [0.3, 0.4) is 0 Å². The van der Waals surface area contributed by atoms with Crippen LogP contribution in [0.4, 0.5) is 67.2 Å². The zero-order valence-electron chi connectivity index (χ0n) is 43.8. The maximum Gasteiger partial charge on any atom is 0.443 e. The Morgan fingerprint density at radius 2 is 1.26 bits per heavy atom. The molecule has 0 fully saturated rings. The molecule has 0 saturated carbocycles. The van der Waals surface area contributed by atoms with Crippen LogP contribution in [0.1, 0.15) is 168 Å². The molecular formula is C51H58F14N8O3S. The van der Waals surface area contributed by atoms with Crippen molar-refractivity contribution in [1.29, 1.82) is 5.26 Å². The molecule has 77 heavy (non-hydrogen) atoms. The number of ether oxygens (including phenoxy) is 1. The van der Waals surface area contributed by atoms with Gasteiger partial charge in [0.1, 0.15) is 17.7 Å². The normalized spacial score (nSPS) is 11.6. The number of halogens is 14. The van der Waals surface area contributed by atoms with Gasteiger partial charge in [0, 0.05) is 60.0 Å². The lowest BCUT2D eigenvalue weighted by atomic mass is 10.00. The summed E-state index contributed by atoms with van der Waals surface area (Å²) in [5.41, 5.74) is 0.421. The van der Waals surface area contributed by atoms with Gasteiger partial charge in [-0.15, -0.1) is 11.3 Å². The molecule has 6 rings (SSSR count). The predicted octanol–water partition coefficient (Wildman–Crippen LogP) is 17.2. The number of nitro groups is 1. The maximum atomic E-state index is 12.9. The van der Waals surface area contributed by atoms with Crippen LogP contribution in [0.25, 0.3) is 0 Å². The third-order valence-electron chi connectivity index (χ3n) is 9.68. The number of benzene rings is 2. The third-order valence-corrected chi connectivity index (χ3v) is 11.0. The monoisotopic (exact) mass is 1130 g/mol. The van der Waals surface area contributed by atoms with Crippen LogP contribution in [0.15, 0.2) is 85.6 Å². The summed E-state index contributed by atoms with van der Waals surface area (Å²) in [7, 11) is 0. The summed E-state index contributed by atoms with van der Waals surface area (Å²) in [6, 6.07) is 13.5. The molecule has 0 spiro atoms. The van der Waals surface area contributed by atoms with Crippen molar-refractivity contribution in [3.63, 3.8) is 0 Å². The van der Waals surface area contributed by atoms with Crippen molar-refractivity contribution in [2.24, 2.45) is 0 Å². The van der Waals surface area contributed by atoms with E-state index in [9.17, 15) is 71.6 Å². The molecule has 6 aromatic rings. The Kier molecular flexibility index (Phi) is 26.8. The molecule has 26 heteroatoms. The van der Waals surface area contributed by atoms with Crippen molar-refractivity contribution in [3.05, 3.63) is 157 Å². The predicted molar refractivity (Wildman–Crippen MR) is 262 cm³/mol. The molecule has 4 heterocycles. The highest BCUT2D eigenvalue weighted by Crippen LogP contribution is 2.36. The first-order valence-corrected chi connectivity index (χ1v) is 23.9. The van der Waals surface area contributed by atoms with Crippen LogP contribution in [0, 0.1) is 33.1 Å². The number of thiazole rings is 1. The van der Waals surface area contributed by atoms with Crippen molar-refractivity contribution in [3.8, 4) is 11.9 Å². The van der Waals surface area contributed by atoms with E-state index in [0.717, 1.165) is 30.1 Å². The number of pyridine rings is 1. The van der Waals surface area contributed by atoms with Crippen LogP contribution in [-0.4, -0.2) is 47.4 Å². The van der Waals surface area contributed by atoms with Crippen molar-refractivity contribution in [1.82, 2.24) is 29.7 Å². The topological polar surface area (TPSA) is 146 Å². The molecule has 11 nitrogen and oxygen atoms in total. The lowest BCUT2D eigenvalue weighted by Gasteiger charge is -2.10. The van der Waals surface area contributed by atoms with E-state index < -0.39 is 69.8 Å². The fourth-order valence-corrected chi connectivity index (χ4v) is 6.12. The van der Waals surface area contributed by atoms with Crippen LogP contribution in [-0.2, 0) is 18.5 Å². The number of hydrogen-bond acceptors (Lipinski definition) is 10. The second kappa shape index (κ2) is 30.2. The molecule has 0 bridgehead atoms. The van der Waals surface area contributed by atoms with Crippen molar-refractivity contribution >= 4 is 17.0 Å². The Labute approximate surface area is 440 Å². The van der Waals surface area contributed by atoms with E-state index in [4.69, 9.17) is 5.26 Å². The van der Waals surface area contributed by atoms with Gasteiger partial charge in [-0.25, -0.2) is 23.7 Å². The van der Waals surface area contributed by atoms with Crippen molar-refractivity contribution < 1.29 is 71.1 Å². The van der Waals surface area contributed by atoms with Gasteiger partial charge >= 0.3 is 24.7 Å². The lowest BCUT2D eigenvalue weighted by Crippen LogP contribution is -2.19. The van der Waals surface area contributed by atoms with Gasteiger partial charge in [0.2, 0.25) is 5.88 Å². The van der Waals surface area contributed by atoms with E-state index in [2.05, 4.69) is 29.8 Å². The Morgan fingerprint density at radius 1 is 0.649 bits per heavy atom. The Hall–Kier alpha value is -6.78. The minimum absolute atomic E-state index is 0.00303. The fraction of sp³-hybridized carbons (Fsp3) is 0.451. The first-order valence-electron chi connectivity index (χ1n) is 23.1. The van der Waals surface area contributed by atoms with Crippen molar-refractivity contribution in [2.45, 2.75) is 143 Å². The summed E-state index contributed by atoms with van der Waals surface area (Å²) in [6.07, 6.45) is -11.0. The van der Waals surface area contributed by atoms with Gasteiger partial charge in [0.15, 0.2) is 23.0 Å². The number of non-ortho nitro benzene ring substituents is 1. The molecule has 2 aromatic carbocycles. The Morgan fingerprint density at radius 3 is 1.61 bits per heavy atom. The van der Waals surface area contributed by atoms with Gasteiger partial charge in [0.05, 0.1) is 22.4 Å². The summed E-state index contributed by atoms with van der Waals surface area (Å²) in [5, 5.41) is 22.1. The van der Waals surface area contributed by atoms with Gasteiger partial charge in [-0.2, -0.15) is 63.0 Å². The van der Waals surface area contributed by atoms with Crippen LogP contribution < -0.4 is 4.74 Å². The highest BCUT2D eigenvalue weighted by Gasteiger charge is 2.35. The molecule has 0 aliphatic carbocycles. The first-order chi connectivity index (χ1) is 35.3. The molecule has 0 aliphatic rings. The summed E-state index contributed by atoms with van der Waals surface area (Å²) in [6.45, 7) is 21.2. The van der Waals surface area contributed by atoms with Gasteiger partial charge in [-0.1, -0.05) is 81.4 Å². The number of aromatic nitrogens is 6. The molecule has 0 amide bonds. The van der Waals surface area contributed by atoms with Gasteiger partial charge < -0.3 is 4.74 Å². The number of nitro benzene ring substituents is 1. The van der Waals surface area contributed by atoms with Crippen LogP contribution >= 0.6 is 11.3 Å². The van der Waals surface area contributed by atoms with E-state index >= 15 is 0 Å². The summed E-state index contributed by atoms with van der Waals surface area (Å²) in [5.74, 6) is -0.567. The van der Waals surface area contributed by atoms with Crippen LogP contribution in [0.5, 0.6) is 5.88 Å². The number of hydrogen-bond donors (Lipinski definition) is 0. The standard InChI is InChI=1S/C10H10F3NO2.C10H12F3NO.C9H10F2.C8H9F3N2.C7H8F3NS.C7H9N3/c1-6(2)7-3-8(10(11,12)13)5-9(4-7)14(15)16;1-7(2)8-3-4-9(14-5-8)15-6-10(11,12)13;1-6(2)8-4-3-7(10)5-9(8)11;1-5(2)6-3-13-7(4-12-6)8(9,10)11;1-4(2)5-3-11-6(12-5)7(8,9)10;1-6(2)10-4-3-7(5-8)9-10/h3-6H,1-2H3;3-5,7H,6H2,1-2H3;3-6H,1-2H3;3-5H,1-2H3;3-4H,1-2H3;3-4,6H,1-2H3. The minimum atomic E-state index is -4.56. The number of rotatable bonds is 9.